The van der Waals surface area contributed by atoms with Crippen molar-refractivity contribution in [2.24, 2.45) is 0 Å². The van der Waals surface area contributed by atoms with Gasteiger partial charge in [0.25, 0.3) is 5.91 Å². The molecule has 2 aliphatic heterocycles. The van der Waals surface area contributed by atoms with E-state index in [9.17, 15) is 4.79 Å². The molecule has 7 heteroatoms. The van der Waals surface area contributed by atoms with E-state index in [2.05, 4.69) is 57.7 Å². The van der Waals surface area contributed by atoms with E-state index >= 15 is 0 Å². The molecule has 0 bridgehead atoms. The van der Waals surface area contributed by atoms with E-state index < -0.39 is 0 Å². The predicted octanol–water partition coefficient (Wildman–Crippen LogP) is 3.32. The average Bonchev–Trinajstić information content (AvgIpc) is 3.47. The van der Waals surface area contributed by atoms with Crippen molar-refractivity contribution in [1.82, 2.24) is 20.0 Å². The van der Waals surface area contributed by atoms with Crippen molar-refractivity contribution in [3.05, 3.63) is 63.5 Å². The van der Waals surface area contributed by atoms with Crippen molar-refractivity contribution in [3.8, 4) is 11.3 Å². The van der Waals surface area contributed by atoms with Crippen LogP contribution in [-0.2, 0) is 4.74 Å². The number of amides is 1. The number of carbonyl (C=O) groups is 1. The smallest absolute Gasteiger partial charge is 0.273 e. The molecule has 1 atom stereocenters. The Morgan fingerprint density at radius 2 is 1.97 bits per heavy atom. The molecule has 5 rings (SSSR count). The summed E-state index contributed by atoms with van der Waals surface area (Å²) in [5.41, 5.74) is 4.75. The van der Waals surface area contributed by atoms with Gasteiger partial charge in [-0.15, -0.1) is 11.3 Å². The molecule has 3 aromatic rings. The number of morpholine rings is 1. The second-order valence-electron chi connectivity index (χ2n) is 7.60. The molecule has 1 saturated heterocycles. The van der Waals surface area contributed by atoms with Gasteiger partial charge in [-0.05, 0) is 18.4 Å². The van der Waals surface area contributed by atoms with Crippen LogP contribution in [0.1, 0.15) is 32.5 Å². The predicted molar refractivity (Wildman–Crippen MR) is 113 cm³/mol. The van der Waals surface area contributed by atoms with Gasteiger partial charge in [-0.3, -0.25) is 14.8 Å². The van der Waals surface area contributed by atoms with Gasteiger partial charge >= 0.3 is 0 Å². The first-order valence-electron chi connectivity index (χ1n) is 10.0. The number of thiophene rings is 1. The molecular formula is C22H24N4O2S. The monoisotopic (exact) mass is 408 g/mol. The van der Waals surface area contributed by atoms with Crippen LogP contribution in [0.4, 0.5) is 0 Å². The topological polar surface area (TPSA) is 61.5 Å². The van der Waals surface area contributed by atoms with Crippen LogP contribution in [0.5, 0.6) is 0 Å². The largest absolute Gasteiger partial charge is 0.379 e. The highest BCUT2D eigenvalue weighted by molar-refractivity contribution is 7.10. The first-order chi connectivity index (χ1) is 14.2. The lowest BCUT2D eigenvalue weighted by molar-refractivity contribution is 0.0317. The third kappa shape index (κ3) is 3.39. The van der Waals surface area contributed by atoms with Crippen molar-refractivity contribution < 1.29 is 9.53 Å². The molecule has 2 aromatic heterocycles. The lowest BCUT2D eigenvalue weighted by Crippen LogP contribution is -2.42. The fourth-order valence-corrected chi connectivity index (χ4v) is 5.02. The Hall–Kier alpha value is -2.48. The number of rotatable bonds is 5. The van der Waals surface area contributed by atoms with Crippen molar-refractivity contribution in [3.63, 3.8) is 0 Å². The van der Waals surface area contributed by atoms with Gasteiger partial charge in [-0.2, -0.15) is 5.10 Å². The molecule has 2 aliphatic rings. The van der Waals surface area contributed by atoms with Gasteiger partial charge in [-0.1, -0.05) is 35.9 Å². The van der Waals surface area contributed by atoms with E-state index in [1.807, 2.05) is 11.0 Å². The number of carbonyl (C=O) groups excluding carboxylic acids is 1. The van der Waals surface area contributed by atoms with Crippen LogP contribution in [0.15, 0.2) is 41.8 Å². The molecule has 1 aromatic carbocycles. The van der Waals surface area contributed by atoms with Crippen LogP contribution in [0, 0.1) is 6.92 Å². The molecule has 6 nitrogen and oxygen atoms in total. The third-order valence-corrected chi connectivity index (χ3v) is 6.69. The fourth-order valence-electron chi connectivity index (χ4n) is 4.18. The molecule has 150 valence electrons. The Balaban J connectivity index is 1.50. The summed E-state index contributed by atoms with van der Waals surface area (Å²) < 4.78 is 5.45. The Morgan fingerprint density at radius 1 is 1.17 bits per heavy atom. The maximum Gasteiger partial charge on any atom is 0.273 e. The minimum Gasteiger partial charge on any atom is -0.379 e. The second-order valence-corrected chi connectivity index (χ2v) is 8.58. The molecule has 0 spiro atoms. The maximum atomic E-state index is 13.3. The average molecular weight is 409 g/mol. The summed E-state index contributed by atoms with van der Waals surface area (Å²) in [4.78, 5) is 18.8. The number of nitrogens with zero attached hydrogens (tertiary/aromatic N) is 3. The van der Waals surface area contributed by atoms with Crippen molar-refractivity contribution in [1.29, 1.82) is 0 Å². The highest BCUT2D eigenvalue weighted by Crippen LogP contribution is 2.43. The van der Waals surface area contributed by atoms with Gasteiger partial charge in [0.1, 0.15) is 5.69 Å². The van der Waals surface area contributed by atoms with E-state index in [-0.39, 0.29) is 11.9 Å². The number of fused-ring (bicyclic) bond motifs is 1. The number of ether oxygens (including phenoxy) is 1. The van der Waals surface area contributed by atoms with E-state index in [4.69, 9.17) is 4.74 Å². The lowest BCUT2D eigenvalue weighted by atomic mass is 10.00. The zero-order valence-electron chi connectivity index (χ0n) is 16.4. The molecule has 0 aliphatic carbocycles. The number of aromatic nitrogens is 2. The summed E-state index contributed by atoms with van der Waals surface area (Å²) in [6, 6.07) is 12.4. The van der Waals surface area contributed by atoms with Gasteiger partial charge in [0.05, 0.1) is 24.9 Å². The standard InChI is InChI=1S/C22H24N4O2S/c1-15-4-6-16(7-5-15)19-18-20(24-23-19)22(27)26(21(18)17-3-2-14-29-17)9-8-25-10-12-28-13-11-25/h2-7,14,21H,8-13H2,1H3,(H,23,24). The molecule has 29 heavy (non-hydrogen) atoms. The SMILES string of the molecule is Cc1ccc(-c2n[nH]c3c2C(c2cccs2)N(CCN2CCOCC2)C3=O)cc1. The number of H-pyrrole nitrogens is 1. The van der Waals surface area contributed by atoms with Gasteiger partial charge in [0.2, 0.25) is 0 Å². The van der Waals surface area contributed by atoms with E-state index in [0.29, 0.717) is 12.2 Å². The summed E-state index contributed by atoms with van der Waals surface area (Å²) in [6.45, 7) is 7.00. The fraction of sp³-hybridized carbons (Fsp3) is 0.364. The molecule has 0 radical (unpaired) electrons. The minimum atomic E-state index is -0.0893. The van der Waals surface area contributed by atoms with Crippen LogP contribution in [0.3, 0.4) is 0 Å². The van der Waals surface area contributed by atoms with Gasteiger partial charge < -0.3 is 9.64 Å². The van der Waals surface area contributed by atoms with Crippen LogP contribution in [-0.4, -0.2) is 65.3 Å². The Bertz CT molecular complexity index is 991. The maximum absolute atomic E-state index is 13.3. The van der Waals surface area contributed by atoms with Gasteiger partial charge in [0, 0.05) is 42.2 Å². The zero-order chi connectivity index (χ0) is 19.8. The zero-order valence-corrected chi connectivity index (χ0v) is 17.2. The first kappa shape index (κ1) is 18.5. The first-order valence-corrected chi connectivity index (χ1v) is 10.9. The van der Waals surface area contributed by atoms with Crippen molar-refractivity contribution in [2.45, 2.75) is 13.0 Å². The third-order valence-electron chi connectivity index (χ3n) is 5.76. The van der Waals surface area contributed by atoms with Crippen molar-refractivity contribution >= 4 is 17.2 Å². The minimum absolute atomic E-state index is 0.0394. The van der Waals surface area contributed by atoms with E-state index in [0.717, 1.165) is 49.7 Å². The van der Waals surface area contributed by atoms with E-state index in [1.54, 1.807) is 11.3 Å². The van der Waals surface area contributed by atoms with Gasteiger partial charge in [-0.25, -0.2) is 0 Å². The summed E-state index contributed by atoms with van der Waals surface area (Å²) in [5, 5.41) is 9.65. The second kappa shape index (κ2) is 7.74. The summed E-state index contributed by atoms with van der Waals surface area (Å²) in [6.07, 6.45) is 0. The summed E-state index contributed by atoms with van der Waals surface area (Å²) >= 11 is 1.69. The number of aryl methyl sites for hydroxylation is 1. The van der Waals surface area contributed by atoms with Crippen LogP contribution in [0.2, 0.25) is 0 Å². The quantitative estimate of drug-likeness (QED) is 0.704. The lowest BCUT2D eigenvalue weighted by Gasteiger charge is -2.31. The van der Waals surface area contributed by atoms with Crippen molar-refractivity contribution in [2.75, 3.05) is 39.4 Å². The van der Waals surface area contributed by atoms with Crippen LogP contribution in [0.25, 0.3) is 11.3 Å². The molecule has 4 heterocycles. The Morgan fingerprint density at radius 3 is 2.69 bits per heavy atom. The number of hydrogen-bond acceptors (Lipinski definition) is 5. The number of hydrogen-bond donors (Lipinski definition) is 1. The summed E-state index contributed by atoms with van der Waals surface area (Å²) in [5.74, 6) is 0.0394. The molecule has 1 amide bonds. The van der Waals surface area contributed by atoms with Crippen LogP contribution < -0.4 is 0 Å². The molecule has 1 fully saturated rings. The number of benzene rings is 1. The number of nitrogens with one attached hydrogen (secondary N) is 1. The number of aromatic amines is 1. The molecule has 1 N–H and O–H groups in total. The molecule has 1 unspecified atom stereocenters. The molecular weight excluding hydrogens is 384 g/mol. The highest BCUT2D eigenvalue weighted by Gasteiger charge is 2.42. The van der Waals surface area contributed by atoms with Crippen LogP contribution >= 0.6 is 11.3 Å². The Kier molecular flexibility index (Phi) is 4.95. The van der Waals surface area contributed by atoms with Gasteiger partial charge in [0.15, 0.2) is 0 Å². The normalized spacial score (nSPS) is 19.7. The Labute approximate surface area is 174 Å². The highest BCUT2D eigenvalue weighted by atomic mass is 32.1. The van der Waals surface area contributed by atoms with E-state index in [1.165, 1.54) is 10.4 Å². The molecule has 0 saturated carbocycles. The summed E-state index contributed by atoms with van der Waals surface area (Å²) in [7, 11) is 0.